The van der Waals surface area contributed by atoms with E-state index in [0.29, 0.717) is 6.04 Å². The topological polar surface area (TPSA) is 58.5 Å². The Morgan fingerprint density at radius 3 is 2.37 bits per heavy atom. The number of pyridine rings is 1. The summed E-state index contributed by atoms with van der Waals surface area (Å²) in [6.45, 7) is 5.55. The van der Waals surface area contributed by atoms with Crippen molar-refractivity contribution in [2.45, 2.75) is 44.4 Å². The van der Waals surface area contributed by atoms with Crippen LogP contribution in [-0.2, 0) is 6.54 Å². The average Bonchev–Trinajstić information content (AvgIpc) is 3.34. The maximum absolute atomic E-state index is 6.25. The van der Waals surface area contributed by atoms with E-state index in [1.807, 2.05) is 43.6 Å². The molecule has 7 nitrogen and oxygen atoms in total. The molecular weight excluding hydrogens is 472 g/mol. The van der Waals surface area contributed by atoms with E-state index in [-0.39, 0.29) is 6.10 Å². The van der Waals surface area contributed by atoms with E-state index in [0.717, 1.165) is 92.1 Å². The molecule has 0 atom stereocenters. The normalized spacial score (nSPS) is 21.0. The molecule has 4 aromatic rings. The monoisotopic (exact) mass is 510 g/mol. The van der Waals surface area contributed by atoms with E-state index in [1.165, 1.54) is 5.56 Å². The molecule has 0 bridgehead atoms. The lowest BCUT2D eigenvalue weighted by atomic mass is 9.93. The highest BCUT2D eigenvalue weighted by Gasteiger charge is 2.27. The van der Waals surface area contributed by atoms with E-state index in [2.05, 4.69) is 62.2 Å². The second-order valence-electron chi connectivity index (χ2n) is 10.8. The molecular formula is C31H38N6O. The van der Waals surface area contributed by atoms with Crippen LogP contribution in [0.5, 0.6) is 5.75 Å². The summed E-state index contributed by atoms with van der Waals surface area (Å²) in [5.41, 5.74) is 4.67. The fourth-order valence-electron chi connectivity index (χ4n) is 5.79. The molecule has 198 valence electrons. The van der Waals surface area contributed by atoms with Gasteiger partial charge in [-0.25, -0.2) is 4.98 Å². The van der Waals surface area contributed by atoms with E-state index >= 15 is 0 Å². The van der Waals surface area contributed by atoms with E-state index in [9.17, 15) is 0 Å². The highest BCUT2D eigenvalue weighted by atomic mass is 16.5. The predicted octanol–water partition coefficient (Wildman–Crippen LogP) is 5.45. The zero-order valence-electron chi connectivity index (χ0n) is 22.5. The number of ether oxygens (including phenoxy) is 1. The third-order valence-corrected chi connectivity index (χ3v) is 8.11. The summed E-state index contributed by atoms with van der Waals surface area (Å²) in [4.78, 5) is 9.58. The molecule has 1 saturated heterocycles. The number of para-hydroxylation sites is 1. The van der Waals surface area contributed by atoms with Crippen molar-refractivity contribution in [3.8, 4) is 17.0 Å². The van der Waals surface area contributed by atoms with Gasteiger partial charge in [-0.2, -0.15) is 5.10 Å². The Kier molecular flexibility index (Phi) is 7.29. The van der Waals surface area contributed by atoms with Crippen LogP contribution in [0.2, 0.25) is 0 Å². The SMILES string of the molecule is CNc1cc2c(cn1)c(-c1ccc(CN3CCN(C)CC3)cc1)nn2[C@H]1CC[C@@H](Oc2ccccc2)CC1. The number of likely N-dealkylation sites (N-methyl/N-ethyl adjacent to an activating group) is 1. The number of hydrogen-bond donors (Lipinski definition) is 1. The smallest absolute Gasteiger partial charge is 0.127 e. The molecule has 3 heterocycles. The summed E-state index contributed by atoms with van der Waals surface area (Å²) in [5, 5.41) is 9.52. The Morgan fingerprint density at radius 2 is 1.66 bits per heavy atom. The quantitative estimate of drug-likeness (QED) is 0.357. The number of nitrogens with one attached hydrogen (secondary N) is 1. The van der Waals surface area contributed by atoms with Crippen molar-refractivity contribution in [1.29, 1.82) is 0 Å². The molecule has 2 aromatic heterocycles. The van der Waals surface area contributed by atoms with Crippen molar-refractivity contribution in [3.63, 3.8) is 0 Å². The minimum atomic E-state index is 0.261. The lowest BCUT2D eigenvalue weighted by Gasteiger charge is -2.32. The van der Waals surface area contributed by atoms with Crippen molar-refractivity contribution < 1.29 is 4.74 Å². The molecule has 0 unspecified atom stereocenters. The lowest BCUT2D eigenvalue weighted by Crippen LogP contribution is -2.43. The zero-order chi connectivity index (χ0) is 25.9. The van der Waals surface area contributed by atoms with Gasteiger partial charge >= 0.3 is 0 Å². The number of aromatic nitrogens is 3. The molecule has 1 aliphatic heterocycles. The molecule has 6 rings (SSSR count). The van der Waals surface area contributed by atoms with Crippen LogP contribution in [-0.4, -0.2) is 70.9 Å². The second-order valence-corrected chi connectivity index (χ2v) is 10.8. The molecule has 0 radical (unpaired) electrons. The van der Waals surface area contributed by atoms with E-state index < -0.39 is 0 Å². The van der Waals surface area contributed by atoms with Gasteiger partial charge in [-0.05, 0) is 50.4 Å². The Labute approximate surface area is 225 Å². The Hall–Kier alpha value is -3.42. The Morgan fingerprint density at radius 1 is 0.921 bits per heavy atom. The minimum absolute atomic E-state index is 0.261. The van der Waals surface area contributed by atoms with E-state index in [4.69, 9.17) is 9.84 Å². The van der Waals surface area contributed by atoms with Crippen LogP contribution in [0.15, 0.2) is 66.9 Å². The van der Waals surface area contributed by atoms with Gasteiger partial charge in [0.15, 0.2) is 0 Å². The largest absolute Gasteiger partial charge is 0.490 e. The van der Waals surface area contributed by atoms with Crippen LogP contribution < -0.4 is 10.1 Å². The van der Waals surface area contributed by atoms with Crippen LogP contribution in [0.1, 0.15) is 37.3 Å². The van der Waals surface area contributed by atoms with Crippen LogP contribution in [0.25, 0.3) is 22.2 Å². The molecule has 2 aliphatic rings. The number of benzene rings is 2. The first-order chi connectivity index (χ1) is 18.7. The summed E-state index contributed by atoms with van der Waals surface area (Å²) >= 11 is 0. The molecule has 1 saturated carbocycles. The summed E-state index contributed by atoms with van der Waals surface area (Å²) in [7, 11) is 4.12. The number of hydrogen-bond acceptors (Lipinski definition) is 6. The van der Waals surface area contributed by atoms with Crippen molar-refractivity contribution >= 4 is 16.7 Å². The second kappa shape index (κ2) is 11.1. The summed E-state index contributed by atoms with van der Waals surface area (Å²) in [6, 6.07) is 21.7. The van der Waals surface area contributed by atoms with E-state index in [1.54, 1.807) is 0 Å². The average molecular weight is 511 g/mol. The maximum atomic E-state index is 6.25. The molecule has 38 heavy (non-hydrogen) atoms. The van der Waals surface area contributed by atoms with Crippen LogP contribution in [0.4, 0.5) is 5.82 Å². The Bertz CT molecular complexity index is 1340. The fourth-order valence-corrected chi connectivity index (χ4v) is 5.79. The third kappa shape index (κ3) is 5.40. The van der Waals surface area contributed by atoms with Gasteiger partial charge in [0.25, 0.3) is 0 Å². The molecule has 1 N–H and O–H groups in total. The van der Waals surface area contributed by atoms with Gasteiger partial charge in [-0.3, -0.25) is 9.58 Å². The molecule has 0 amide bonds. The molecule has 2 aromatic carbocycles. The highest BCUT2D eigenvalue weighted by Crippen LogP contribution is 2.36. The Balaban J connectivity index is 1.21. The van der Waals surface area contributed by atoms with Gasteiger partial charge < -0.3 is 15.0 Å². The summed E-state index contributed by atoms with van der Waals surface area (Å²) in [5.74, 6) is 1.83. The first kappa shape index (κ1) is 24.9. The fraction of sp³-hybridized carbons (Fsp3) is 0.419. The van der Waals surface area contributed by atoms with Gasteiger partial charge in [0, 0.05) is 63.0 Å². The van der Waals surface area contributed by atoms with Crippen molar-refractivity contribution in [1.82, 2.24) is 24.6 Å². The van der Waals surface area contributed by atoms with Crippen molar-refractivity contribution in [3.05, 3.63) is 72.4 Å². The lowest BCUT2D eigenvalue weighted by molar-refractivity contribution is 0.131. The molecule has 7 heteroatoms. The number of rotatable bonds is 7. The van der Waals surface area contributed by atoms with Crippen LogP contribution in [0.3, 0.4) is 0 Å². The van der Waals surface area contributed by atoms with Crippen molar-refractivity contribution in [2.75, 3.05) is 45.6 Å². The number of piperazine rings is 1. The van der Waals surface area contributed by atoms with Gasteiger partial charge in [0.1, 0.15) is 17.3 Å². The zero-order valence-corrected chi connectivity index (χ0v) is 22.5. The molecule has 0 spiro atoms. The van der Waals surface area contributed by atoms with Gasteiger partial charge in [0.2, 0.25) is 0 Å². The third-order valence-electron chi connectivity index (χ3n) is 8.11. The van der Waals surface area contributed by atoms with Gasteiger partial charge in [-0.1, -0.05) is 42.5 Å². The van der Waals surface area contributed by atoms with Crippen LogP contribution in [0, 0.1) is 0 Å². The number of fused-ring (bicyclic) bond motifs is 1. The molecule has 2 fully saturated rings. The number of anilines is 1. The van der Waals surface area contributed by atoms with Crippen molar-refractivity contribution in [2.24, 2.45) is 0 Å². The first-order valence-electron chi connectivity index (χ1n) is 13.9. The minimum Gasteiger partial charge on any atom is -0.490 e. The first-order valence-corrected chi connectivity index (χ1v) is 13.9. The van der Waals surface area contributed by atoms with Crippen LogP contribution >= 0.6 is 0 Å². The van der Waals surface area contributed by atoms with Gasteiger partial charge in [-0.15, -0.1) is 0 Å². The summed E-state index contributed by atoms with van der Waals surface area (Å²) in [6.07, 6.45) is 6.39. The predicted molar refractivity (Wildman–Crippen MR) is 154 cm³/mol. The molecule has 1 aliphatic carbocycles. The summed E-state index contributed by atoms with van der Waals surface area (Å²) < 4.78 is 8.51. The highest BCUT2D eigenvalue weighted by molar-refractivity contribution is 5.94. The standard InChI is InChI=1S/C31H38N6O/c1-32-30-20-29-28(21-33-30)31(24-10-8-23(9-11-24)22-36-18-16-35(2)17-19-36)34-37(29)25-12-14-27(15-13-25)38-26-6-4-3-5-7-26/h3-11,20-21,25,27H,12-19,22H2,1-2H3,(H,32,33)/t25-,27+. The maximum Gasteiger partial charge on any atom is 0.127 e. The number of nitrogens with zero attached hydrogens (tertiary/aromatic N) is 5. The van der Waals surface area contributed by atoms with Gasteiger partial charge in [0.05, 0.1) is 17.7 Å².